The number of carbonyl (C=O) groups is 1. The van der Waals surface area contributed by atoms with Crippen LogP contribution in [0.4, 0.5) is 0 Å². The molecule has 0 fully saturated rings. The molecule has 0 aliphatic heterocycles. The van der Waals surface area contributed by atoms with Gasteiger partial charge in [0, 0.05) is 0 Å². The molecule has 0 radical (unpaired) electrons. The Balaban J connectivity index is 0. The average molecular weight is 281 g/mol. The quantitative estimate of drug-likeness (QED) is 0.524. The molecule has 0 bridgehead atoms. The number of hydrogen-bond donors (Lipinski definition) is 0. The predicted octanol–water partition coefficient (Wildman–Crippen LogP) is -1.19. The Morgan fingerprint density at radius 2 is 2.00 bits per heavy atom. The zero-order chi connectivity index (χ0) is 4.28. The molecule has 0 aliphatic carbocycles. The summed E-state index contributed by atoms with van der Waals surface area (Å²) in [5.41, 5.74) is 0. The Morgan fingerprint density at radius 3 is 2.00 bits per heavy atom. The van der Waals surface area contributed by atoms with Gasteiger partial charge in [-0.15, -0.1) is 0 Å². The van der Waals surface area contributed by atoms with E-state index in [4.69, 9.17) is 0 Å². The first-order valence-corrected chi connectivity index (χ1v) is 2.98. The molecule has 0 aromatic carbocycles. The molecular formula is C2H5O3Tl. The van der Waals surface area contributed by atoms with Crippen LogP contribution in [0, 0.1) is 0 Å². The minimum absolute atomic E-state index is 0. The first-order valence-electron chi connectivity index (χ1n) is 1.14. The Morgan fingerprint density at radius 1 is 1.83 bits per heavy atom. The zero-order valence-corrected chi connectivity index (χ0v) is 7.88. The van der Waals surface area contributed by atoms with E-state index in [-0.39, 0.29) is 11.4 Å². The SMILES string of the molecule is CC(=O)[O][Tl].O. The van der Waals surface area contributed by atoms with Crippen LogP contribution in [-0.2, 0) is 7.48 Å². The van der Waals surface area contributed by atoms with Gasteiger partial charge in [0.25, 0.3) is 0 Å². The van der Waals surface area contributed by atoms with Crippen LogP contribution in [0.3, 0.4) is 0 Å². The number of rotatable bonds is 0. The summed E-state index contributed by atoms with van der Waals surface area (Å²) in [6.07, 6.45) is 0. The molecule has 0 unspecified atom stereocenters. The van der Waals surface area contributed by atoms with Gasteiger partial charge in [0.15, 0.2) is 0 Å². The molecule has 0 saturated heterocycles. The van der Waals surface area contributed by atoms with Crippen LogP contribution in [0.5, 0.6) is 0 Å². The summed E-state index contributed by atoms with van der Waals surface area (Å²) < 4.78 is 4.28. The van der Waals surface area contributed by atoms with E-state index < -0.39 is 0 Å². The molecule has 34 valence electrons. The summed E-state index contributed by atoms with van der Waals surface area (Å²) in [5.74, 6) is -0.171. The normalized spacial score (nSPS) is 5.33. The third kappa shape index (κ3) is 8.84. The van der Waals surface area contributed by atoms with Gasteiger partial charge in [0.1, 0.15) is 0 Å². The van der Waals surface area contributed by atoms with Crippen molar-refractivity contribution in [2.75, 3.05) is 0 Å². The fourth-order valence-electron chi connectivity index (χ4n) is 0. The van der Waals surface area contributed by atoms with Crippen LogP contribution in [-0.4, -0.2) is 37.7 Å². The number of hydrogen-bond acceptors (Lipinski definition) is 2. The second-order valence-electron chi connectivity index (χ2n) is 0.609. The third-order valence-corrected chi connectivity index (χ3v) is 1.46. The van der Waals surface area contributed by atoms with Gasteiger partial charge in [-0.25, -0.2) is 0 Å². The molecular weight excluding hydrogens is 276 g/mol. The molecule has 4 heteroatoms. The van der Waals surface area contributed by atoms with Crippen molar-refractivity contribution in [3.63, 3.8) is 0 Å². The van der Waals surface area contributed by atoms with Crippen molar-refractivity contribution in [1.29, 1.82) is 0 Å². The summed E-state index contributed by atoms with van der Waals surface area (Å²) in [7, 11) is 0. The van der Waals surface area contributed by atoms with E-state index in [0.29, 0.717) is 26.2 Å². The molecule has 2 N–H and O–H groups in total. The van der Waals surface area contributed by atoms with Crippen LogP contribution in [0.2, 0.25) is 0 Å². The van der Waals surface area contributed by atoms with Crippen LogP contribution in [0.25, 0.3) is 0 Å². The molecule has 0 spiro atoms. The summed E-state index contributed by atoms with van der Waals surface area (Å²) in [6, 6.07) is 0. The van der Waals surface area contributed by atoms with E-state index in [1.807, 2.05) is 0 Å². The van der Waals surface area contributed by atoms with Crippen molar-refractivity contribution in [3.8, 4) is 0 Å². The van der Waals surface area contributed by atoms with Crippen molar-refractivity contribution in [2.24, 2.45) is 0 Å². The fraction of sp³-hybridized carbons (Fsp3) is 0.500. The van der Waals surface area contributed by atoms with Gasteiger partial charge in [-0.3, -0.25) is 0 Å². The maximum absolute atomic E-state index is 9.63. The monoisotopic (exact) mass is 282 g/mol. The Bertz CT molecular complexity index is 44.1. The molecule has 0 amide bonds. The minimum atomic E-state index is -0.171. The minimum Gasteiger partial charge on any atom is -0.412 e. The van der Waals surface area contributed by atoms with Crippen LogP contribution in [0.1, 0.15) is 6.92 Å². The van der Waals surface area contributed by atoms with Gasteiger partial charge in [-0.1, -0.05) is 0 Å². The standard InChI is InChI=1S/C2H4O2.H2O.Tl/c1-2(3)4;;/h1H3,(H,3,4);1H2;/q;;+1/p-1. The van der Waals surface area contributed by atoms with Crippen molar-refractivity contribution < 1.29 is 13.0 Å². The molecule has 0 rings (SSSR count). The predicted molar refractivity (Wildman–Crippen MR) is 21.1 cm³/mol. The van der Waals surface area contributed by atoms with Gasteiger partial charge in [-0.05, 0) is 0 Å². The molecule has 6 heavy (non-hydrogen) atoms. The first kappa shape index (κ1) is 9.61. The molecule has 3 nitrogen and oxygen atoms in total. The van der Waals surface area contributed by atoms with Crippen LogP contribution >= 0.6 is 0 Å². The van der Waals surface area contributed by atoms with Crippen LogP contribution < -0.4 is 0 Å². The Hall–Kier alpha value is 0.352. The zero-order valence-electron chi connectivity index (χ0n) is 3.39. The molecule has 0 heterocycles. The average Bonchev–Trinajstić information content (AvgIpc) is 1.38. The van der Waals surface area contributed by atoms with Crippen molar-refractivity contribution in [1.82, 2.24) is 0 Å². The summed E-state index contributed by atoms with van der Waals surface area (Å²) in [6.45, 7) is 1.40. The third-order valence-electron chi connectivity index (χ3n) is 0.166. The molecule has 0 saturated carbocycles. The van der Waals surface area contributed by atoms with E-state index in [2.05, 4.69) is 2.69 Å². The molecule has 0 aliphatic rings. The van der Waals surface area contributed by atoms with Gasteiger partial charge in [0.2, 0.25) is 0 Å². The van der Waals surface area contributed by atoms with Crippen LogP contribution in [0.15, 0.2) is 0 Å². The molecule has 0 aromatic heterocycles. The van der Waals surface area contributed by atoms with E-state index in [9.17, 15) is 4.79 Å². The van der Waals surface area contributed by atoms with Crippen molar-refractivity contribution in [3.05, 3.63) is 0 Å². The fourth-order valence-corrected chi connectivity index (χ4v) is 0. The van der Waals surface area contributed by atoms with Gasteiger partial charge in [-0.2, -0.15) is 0 Å². The molecule has 0 atom stereocenters. The number of carbonyl (C=O) groups excluding carboxylic acids is 1. The molecule has 0 aromatic rings. The second-order valence-corrected chi connectivity index (χ2v) is 1.53. The van der Waals surface area contributed by atoms with E-state index in [1.165, 1.54) is 6.92 Å². The summed E-state index contributed by atoms with van der Waals surface area (Å²) in [4.78, 5) is 9.63. The smallest absolute Gasteiger partial charge is 0.412 e. The second kappa shape index (κ2) is 5.35. The van der Waals surface area contributed by atoms with Gasteiger partial charge >= 0.3 is 46.6 Å². The van der Waals surface area contributed by atoms with E-state index >= 15 is 0 Å². The summed E-state index contributed by atoms with van der Waals surface area (Å²) in [5, 5.41) is 0. The Labute approximate surface area is 52.3 Å². The largest absolute Gasteiger partial charge is 0.412 e. The summed E-state index contributed by atoms with van der Waals surface area (Å²) >= 11 is 0.359. The van der Waals surface area contributed by atoms with Gasteiger partial charge in [0.05, 0.1) is 0 Å². The van der Waals surface area contributed by atoms with E-state index in [0.717, 1.165) is 0 Å². The maximum atomic E-state index is 9.63. The topological polar surface area (TPSA) is 57.8 Å². The van der Waals surface area contributed by atoms with Crippen molar-refractivity contribution >= 4 is 32.2 Å². The first-order chi connectivity index (χ1) is 2.27. The maximum Gasteiger partial charge on any atom is -0.412 e. The van der Waals surface area contributed by atoms with Gasteiger partial charge < -0.3 is 5.48 Å². The van der Waals surface area contributed by atoms with E-state index in [1.54, 1.807) is 0 Å². The Kier molecular flexibility index (Phi) is 8.57. The van der Waals surface area contributed by atoms with Crippen molar-refractivity contribution in [2.45, 2.75) is 6.92 Å².